The average molecular weight is 247 g/mol. The van der Waals surface area contributed by atoms with Gasteiger partial charge < -0.3 is 15.5 Å². The van der Waals surface area contributed by atoms with Gasteiger partial charge in [-0.25, -0.2) is 0 Å². The van der Waals surface area contributed by atoms with Gasteiger partial charge in [-0.05, 0) is 51.2 Å². The number of amides is 1. The number of anilines is 1. The molecule has 1 aromatic carbocycles. The highest BCUT2D eigenvalue weighted by molar-refractivity contribution is 5.94. The van der Waals surface area contributed by atoms with Crippen LogP contribution in [0.15, 0.2) is 24.3 Å². The van der Waals surface area contributed by atoms with Crippen LogP contribution in [-0.2, 0) is 0 Å². The van der Waals surface area contributed by atoms with E-state index in [1.165, 1.54) is 6.42 Å². The Balaban J connectivity index is 2.06. The number of benzene rings is 1. The number of hydrogen-bond donors (Lipinski definition) is 1. The fourth-order valence-corrected chi connectivity index (χ4v) is 2.37. The van der Waals surface area contributed by atoms with Crippen molar-refractivity contribution in [1.29, 1.82) is 0 Å². The molecule has 1 saturated heterocycles. The highest BCUT2D eigenvalue weighted by Crippen LogP contribution is 2.17. The molecule has 4 heteroatoms. The van der Waals surface area contributed by atoms with Crippen LogP contribution < -0.4 is 5.73 Å². The van der Waals surface area contributed by atoms with Crippen molar-refractivity contribution in [3.8, 4) is 0 Å². The van der Waals surface area contributed by atoms with Gasteiger partial charge >= 0.3 is 0 Å². The molecule has 0 aliphatic carbocycles. The van der Waals surface area contributed by atoms with E-state index in [2.05, 4.69) is 19.0 Å². The normalized spacial score (nSPS) is 20.2. The fraction of sp³-hybridized carbons (Fsp3) is 0.500. The molecule has 1 atom stereocenters. The molecule has 1 amide bonds. The summed E-state index contributed by atoms with van der Waals surface area (Å²) in [6.07, 6.45) is 2.24. The largest absolute Gasteiger partial charge is 0.399 e. The lowest BCUT2D eigenvalue weighted by Gasteiger charge is -2.36. The van der Waals surface area contributed by atoms with Crippen LogP contribution in [0, 0.1) is 0 Å². The molecule has 0 bridgehead atoms. The first-order valence-corrected chi connectivity index (χ1v) is 6.39. The Morgan fingerprint density at radius 3 is 2.61 bits per heavy atom. The molecule has 98 valence electrons. The quantitative estimate of drug-likeness (QED) is 0.804. The summed E-state index contributed by atoms with van der Waals surface area (Å²) in [5.41, 5.74) is 7.05. The van der Waals surface area contributed by atoms with E-state index in [4.69, 9.17) is 5.73 Å². The van der Waals surface area contributed by atoms with E-state index in [-0.39, 0.29) is 5.91 Å². The maximum Gasteiger partial charge on any atom is 0.253 e. The molecule has 0 aromatic heterocycles. The highest BCUT2D eigenvalue weighted by Gasteiger charge is 2.25. The van der Waals surface area contributed by atoms with Crippen LogP contribution in [0.4, 0.5) is 5.69 Å². The first kappa shape index (κ1) is 12.9. The standard InChI is InChI=1S/C14H21N3O/c1-16(2)13-4-3-9-17(10-13)14(18)11-5-7-12(15)8-6-11/h5-8,13H,3-4,9-10,15H2,1-2H3. The number of carbonyl (C=O) groups excluding carboxylic acids is 1. The zero-order valence-corrected chi connectivity index (χ0v) is 11.1. The number of hydrogen-bond acceptors (Lipinski definition) is 3. The number of likely N-dealkylation sites (N-methyl/N-ethyl adjacent to an activating group) is 1. The number of rotatable bonds is 2. The number of nitrogens with two attached hydrogens (primary N) is 1. The first-order chi connectivity index (χ1) is 8.58. The maximum atomic E-state index is 12.3. The molecule has 0 radical (unpaired) electrons. The van der Waals surface area contributed by atoms with E-state index in [9.17, 15) is 4.79 Å². The third kappa shape index (κ3) is 2.82. The summed E-state index contributed by atoms with van der Waals surface area (Å²) in [4.78, 5) is 16.5. The lowest BCUT2D eigenvalue weighted by Crippen LogP contribution is -2.47. The monoisotopic (exact) mass is 247 g/mol. The van der Waals surface area contributed by atoms with Gasteiger partial charge in [-0.3, -0.25) is 4.79 Å². The van der Waals surface area contributed by atoms with Gasteiger partial charge in [0.25, 0.3) is 5.91 Å². The lowest BCUT2D eigenvalue weighted by atomic mass is 10.0. The molecule has 2 N–H and O–H groups in total. The molecule has 1 heterocycles. The average Bonchev–Trinajstić information content (AvgIpc) is 2.39. The van der Waals surface area contributed by atoms with E-state index in [1.54, 1.807) is 24.3 Å². The van der Waals surface area contributed by atoms with E-state index in [1.807, 2.05) is 4.90 Å². The zero-order chi connectivity index (χ0) is 13.1. The molecule has 0 spiro atoms. The number of carbonyl (C=O) groups is 1. The second kappa shape index (κ2) is 5.40. The summed E-state index contributed by atoms with van der Waals surface area (Å²) in [7, 11) is 4.14. The molecule has 1 fully saturated rings. The third-order valence-electron chi connectivity index (χ3n) is 3.57. The van der Waals surface area contributed by atoms with Gasteiger partial charge in [-0.1, -0.05) is 0 Å². The Morgan fingerprint density at radius 1 is 1.33 bits per heavy atom. The topological polar surface area (TPSA) is 49.6 Å². The minimum absolute atomic E-state index is 0.113. The molecule has 1 aromatic rings. The van der Waals surface area contributed by atoms with Gasteiger partial charge in [0.2, 0.25) is 0 Å². The van der Waals surface area contributed by atoms with Crippen molar-refractivity contribution >= 4 is 11.6 Å². The summed E-state index contributed by atoms with van der Waals surface area (Å²) in [6.45, 7) is 1.67. The summed E-state index contributed by atoms with van der Waals surface area (Å²) < 4.78 is 0. The Kier molecular flexibility index (Phi) is 3.87. The molecule has 1 aliphatic rings. The van der Waals surface area contributed by atoms with Crippen LogP contribution in [0.25, 0.3) is 0 Å². The minimum atomic E-state index is 0.113. The Morgan fingerprint density at radius 2 is 2.00 bits per heavy atom. The van der Waals surface area contributed by atoms with Crippen molar-refractivity contribution in [3.63, 3.8) is 0 Å². The van der Waals surface area contributed by atoms with Crippen molar-refractivity contribution in [2.45, 2.75) is 18.9 Å². The summed E-state index contributed by atoms with van der Waals surface area (Å²) >= 11 is 0. The maximum absolute atomic E-state index is 12.3. The summed E-state index contributed by atoms with van der Waals surface area (Å²) in [5.74, 6) is 0.113. The molecular formula is C14H21N3O. The fourth-order valence-electron chi connectivity index (χ4n) is 2.37. The summed E-state index contributed by atoms with van der Waals surface area (Å²) in [6, 6.07) is 7.63. The van der Waals surface area contributed by atoms with E-state index >= 15 is 0 Å². The van der Waals surface area contributed by atoms with Gasteiger partial charge in [-0.15, -0.1) is 0 Å². The van der Waals surface area contributed by atoms with Gasteiger partial charge in [0, 0.05) is 30.4 Å². The van der Waals surface area contributed by atoms with Crippen molar-refractivity contribution in [2.75, 3.05) is 32.9 Å². The minimum Gasteiger partial charge on any atom is -0.399 e. The van der Waals surface area contributed by atoms with Gasteiger partial charge in [0.15, 0.2) is 0 Å². The van der Waals surface area contributed by atoms with Crippen LogP contribution >= 0.6 is 0 Å². The molecule has 4 nitrogen and oxygen atoms in total. The number of nitrogen functional groups attached to an aromatic ring is 1. The van der Waals surface area contributed by atoms with E-state index in [0.717, 1.165) is 25.1 Å². The predicted molar refractivity (Wildman–Crippen MR) is 73.5 cm³/mol. The highest BCUT2D eigenvalue weighted by atomic mass is 16.2. The van der Waals surface area contributed by atoms with Crippen LogP contribution in [0.1, 0.15) is 23.2 Å². The van der Waals surface area contributed by atoms with Crippen LogP contribution in [-0.4, -0.2) is 48.9 Å². The van der Waals surface area contributed by atoms with Crippen LogP contribution in [0.3, 0.4) is 0 Å². The molecule has 2 rings (SSSR count). The number of likely N-dealkylation sites (tertiary alicyclic amines) is 1. The smallest absolute Gasteiger partial charge is 0.253 e. The molecule has 1 aliphatic heterocycles. The zero-order valence-electron chi connectivity index (χ0n) is 11.1. The number of nitrogens with zero attached hydrogens (tertiary/aromatic N) is 2. The predicted octanol–water partition coefficient (Wildman–Crippen LogP) is 1.43. The van der Waals surface area contributed by atoms with Crippen molar-refractivity contribution in [3.05, 3.63) is 29.8 Å². The van der Waals surface area contributed by atoms with E-state index < -0.39 is 0 Å². The molecule has 1 unspecified atom stereocenters. The van der Waals surface area contributed by atoms with E-state index in [0.29, 0.717) is 11.7 Å². The van der Waals surface area contributed by atoms with Gasteiger partial charge in [-0.2, -0.15) is 0 Å². The Hall–Kier alpha value is -1.55. The third-order valence-corrected chi connectivity index (χ3v) is 3.57. The van der Waals surface area contributed by atoms with Crippen molar-refractivity contribution in [2.24, 2.45) is 0 Å². The second-order valence-electron chi connectivity index (χ2n) is 5.13. The van der Waals surface area contributed by atoms with Crippen molar-refractivity contribution < 1.29 is 4.79 Å². The molecular weight excluding hydrogens is 226 g/mol. The lowest BCUT2D eigenvalue weighted by molar-refractivity contribution is 0.0635. The Bertz CT molecular complexity index is 414. The van der Waals surface area contributed by atoms with Gasteiger partial charge in [0.05, 0.1) is 0 Å². The van der Waals surface area contributed by atoms with Crippen LogP contribution in [0.5, 0.6) is 0 Å². The molecule has 0 saturated carbocycles. The Labute approximate surface area is 108 Å². The second-order valence-corrected chi connectivity index (χ2v) is 5.13. The molecule has 18 heavy (non-hydrogen) atoms. The summed E-state index contributed by atoms with van der Waals surface area (Å²) in [5, 5.41) is 0. The van der Waals surface area contributed by atoms with Crippen molar-refractivity contribution in [1.82, 2.24) is 9.80 Å². The number of piperidine rings is 1. The SMILES string of the molecule is CN(C)C1CCCN(C(=O)c2ccc(N)cc2)C1. The van der Waals surface area contributed by atoms with Gasteiger partial charge in [0.1, 0.15) is 0 Å². The van der Waals surface area contributed by atoms with Crippen LogP contribution in [0.2, 0.25) is 0 Å². The first-order valence-electron chi connectivity index (χ1n) is 6.39.